The summed E-state index contributed by atoms with van der Waals surface area (Å²) in [6.45, 7) is 6.16. The van der Waals surface area contributed by atoms with Gasteiger partial charge in [-0.15, -0.1) is 11.3 Å². The lowest BCUT2D eigenvalue weighted by Crippen LogP contribution is -2.30. The molecule has 1 atom stereocenters. The maximum atomic E-state index is 13.0. The Morgan fingerprint density at radius 3 is 2.84 bits per heavy atom. The van der Waals surface area contributed by atoms with Gasteiger partial charge in [0.25, 0.3) is 5.91 Å². The molecular formula is C20H25N3OS. The highest BCUT2D eigenvalue weighted by atomic mass is 32.1. The summed E-state index contributed by atoms with van der Waals surface area (Å²) in [7, 11) is 0. The summed E-state index contributed by atoms with van der Waals surface area (Å²) in [4.78, 5) is 23.0. The third kappa shape index (κ3) is 3.48. The van der Waals surface area contributed by atoms with Crippen LogP contribution in [-0.2, 0) is 6.54 Å². The molecule has 0 aliphatic carbocycles. The van der Waals surface area contributed by atoms with Crippen molar-refractivity contribution in [1.29, 1.82) is 0 Å². The molecule has 2 saturated heterocycles. The third-order valence-corrected chi connectivity index (χ3v) is 6.38. The molecule has 0 N–H and O–H groups in total. The fourth-order valence-electron chi connectivity index (χ4n) is 4.04. The molecule has 0 unspecified atom stereocenters. The molecule has 25 heavy (non-hydrogen) atoms. The molecule has 4 heterocycles. The molecule has 2 aromatic rings. The Labute approximate surface area is 153 Å². The Bertz CT molecular complexity index is 751. The summed E-state index contributed by atoms with van der Waals surface area (Å²) in [5, 5.41) is 2.01. The smallest absolute Gasteiger partial charge is 0.264 e. The average Bonchev–Trinajstić information content (AvgIpc) is 3.36. The minimum Gasteiger partial charge on any atom is -0.331 e. The van der Waals surface area contributed by atoms with E-state index < -0.39 is 0 Å². The van der Waals surface area contributed by atoms with Crippen LogP contribution in [-0.4, -0.2) is 40.3 Å². The highest BCUT2D eigenvalue weighted by Gasteiger charge is 2.32. The highest BCUT2D eigenvalue weighted by Crippen LogP contribution is 2.34. The fourth-order valence-corrected chi connectivity index (χ4v) is 4.92. The SMILES string of the molecule is Cc1ccsc1C(=O)N1CCC[C@H]1c1ccnc(CN2CCCC2)c1. The normalized spacial score (nSPS) is 21.2. The second kappa shape index (κ2) is 7.26. The molecule has 0 bridgehead atoms. The van der Waals surface area contributed by atoms with Crippen LogP contribution < -0.4 is 0 Å². The largest absolute Gasteiger partial charge is 0.331 e. The topological polar surface area (TPSA) is 36.4 Å². The maximum absolute atomic E-state index is 13.0. The Hall–Kier alpha value is -1.72. The van der Waals surface area contributed by atoms with Crippen LogP contribution in [0.25, 0.3) is 0 Å². The number of aryl methyl sites for hydroxylation is 1. The van der Waals surface area contributed by atoms with Crippen molar-refractivity contribution in [3.05, 3.63) is 51.5 Å². The Kier molecular flexibility index (Phi) is 4.86. The summed E-state index contributed by atoms with van der Waals surface area (Å²) in [5.74, 6) is 0.188. The number of thiophene rings is 1. The summed E-state index contributed by atoms with van der Waals surface area (Å²) < 4.78 is 0. The van der Waals surface area contributed by atoms with Crippen molar-refractivity contribution < 1.29 is 4.79 Å². The van der Waals surface area contributed by atoms with Gasteiger partial charge in [-0.3, -0.25) is 14.7 Å². The number of amides is 1. The summed E-state index contributed by atoms with van der Waals surface area (Å²) >= 11 is 1.56. The van der Waals surface area contributed by atoms with Gasteiger partial charge in [0.05, 0.1) is 16.6 Å². The van der Waals surface area contributed by atoms with Crippen molar-refractivity contribution in [2.45, 2.75) is 45.2 Å². The Morgan fingerprint density at radius 2 is 2.08 bits per heavy atom. The van der Waals surface area contributed by atoms with Gasteiger partial charge in [0.15, 0.2) is 0 Å². The van der Waals surface area contributed by atoms with Crippen molar-refractivity contribution in [3.8, 4) is 0 Å². The molecule has 2 aliphatic heterocycles. The van der Waals surface area contributed by atoms with Gasteiger partial charge >= 0.3 is 0 Å². The quantitative estimate of drug-likeness (QED) is 0.831. The second-order valence-electron chi connectivity index (χ2n) is 7.15. The molecule has 2 aromatic heterocycles. The molecule has 2 aliphatic rings. The average molecular weight is 356 g/mol. The first-order valence-electron chi connectivity index (χ1n) is 9.24. The molecule has 4 nitrogen and oxygen atoms in total. The van der Waals surface area contributed by atoms with Crippen molar-refractivity contribution in [2.75, 3.05) is 19.6 Å². The maximum Gasteiger partial charge on any atom is 0.264 e. The van der Waals surface area contributed by atoms with E-state index in [-0.39, 0.29) is 11.9 Å². The van der Waals surface area contributed by atoms with Crippen LogP contribution in [0.3, 0.4) is 0 Å². The zero-order valence-corrected chi connectivity index (χ0v) is 15.6. The first kappa shape index (κ1) is 16.7. The second-order valence-corrected chi connectivity index (χ2v) is 8.07. The van der Waals surface area contributed by atoms with Crippen LogP contribution in [0.4, 0.5) is 0 Å². The van der Waals surface area contributed by atoms with Gasteiger partial charge < -0.3 is 4.90 Å². The number of aromatic nitrogens is 1. The van der Waals surface area contributed by atoms with E-state index in [4.69, 9.17) is 0 Å². The van der Waals surface area contributed by atoms with Crippen molar-refractivity contribution >= 4 is 17.2 Å². The number of rotatable bonds is 4. The Morgan fingerprint density at radius 1 is 1.24 bits per heavy atom. The first-order valence-corrected chi connectivity index (χ1v) is 10.1. The predicted molar refractivity (Wildman–Crippen MR) is 101 cm³/mol. The van der Waals surface area contributed by atoms with E-state index in [1.165, 1.54) is 31.5 Å². The van der Waals surface area contributed by atoms with Gasteiger partial charge in [0.1, 0.15) is 0 Å². The van der Waals surface area contributed by atoms with Crippen molar-refractivity contribution in [3.63, 3.8) is 0 Å². The van der Waals surface area contributed by atoms with Gasteiger partial charge in [-0.1, -0.05) is 0 Å². The molecule has 5 heteroatoms. The number of hydrogen-bond acceptors (Lipinski definition) is 4. The molecule has 4 rings (SSSR count). The molecule has 0 saturated carbocycles. The molecule has 1 amide bonds. The first-order chi connectivity index (χ1) is 12.2. The number of pyridine rings is 1. The fraction of sp³-hybridized carbons (Fsp3) is 0.500. The molecular weight excluding hydrogens is 330 g/mol. The van der Waals surface area contributed by atoms with Gasteiger partial charge in [-0.2, -0.15) is 0 Å². The van der Waals surface area contributed by atoms with E-state index in [1.54, 1.807) is 11.3 Å². The number of hydrogen-bond donors (Lipinski definition) is 0. The van der Waals surface area contributed by atoms with Gasteiger partial charge in [-0.25, -0.2) is 0 Å². The standard InChI is InChI=1S/C20H25N3OS/c1-15-7-12-25-19(15)20(24)23-11-4-5-18(23)16-6-8-21-17(13-16)14-22-9-2-3-10-22/h6-8,12-13,18H,2-5,9-11,14H2,1H3/t18-/m0/s1. The van der Waals surface area contributed by atoms with Crippen molar-refractivity contribution in [1.82, 2.24) is 14.8 Å². The van der Waals surface area contributed by atoms with Crippen LogP contribution >= 0.6 is 11.3 Å². The summed E-state index contributed by atoms with van der Waals surface area (Å²) in [6.07, 6.45) is 6.63. The minimum absolute atomic E-state index is 0.188. The van der Waals surface area contributed by atoms with Gasteiger partial charge in [0.2, 0.25) is 0 Å². The Balaban J connectivity index is 1.53. The zero-order valence-electron chi connectivity index (χ0n) is 14.8. The lowest BCUT2D eigenvalue weighted by Gasteiger charge is -2.25. The number of carbonyl (C=O) groups is 1. The van der Waals surface area contributed by atoms with E-state index in [0.717, 1.165) is 42.1 Å². The van der Waals surface area contributed by atoms with E-state index in [0.29, 0.717) is 0 Å². The predicted octanol–water partition coefficient (Wildman–Crippen LogP) is 4.02. The van der Waals surface area contributed by atoms with Gasteiger partial charge in [0, 0.05) is 19.3 Å². The summed E-state index contributed by atoms with van der Waals surface area (Å²) in [6, 6.07) is 6.53. The van der Waals surface area contributed by atoms with Crippen LogP contribution in [0.1, 0.15) is 58.2 Å². The molecule has 0 spiro atoms. The van der Waals surface area contributed by atoms with Crippen LogP contribution in [0, 0.1) is 6.92 Å². The van der Waals surface area contributed by atoms with E-state index in [9.17, 15) is 4.79 Å². The number of likely N-dealkylation sites (tertiary alicyclic amines) is 2. The lowest BCUT2D eigenvalue weighted by atomic mass is 10.0. The number of carbonyl (C=O) groups excluding carboxylic acids is 1. The van der Waals surface area contributed by atoms with Crippen LogP contribution in [0.5, 0.6) is 0 Å². The molecule has 0 radical (unpaired) electrons. The minimum atomic E-state index is 0.188. The van der Waals surface area contributed by atoms with Crippen LogP contribution in [0.2, 0.25) is 0 Å². The highest BCUT2D eigenvalue weighted by molar-refractivity contribution is 7.12. The van der Waals surface area contributed by atoms with Gasteiger partial charge in [-0.05, 0) is 80.4 Å². The lowest BCUT2D eigenvalue weighted by molar-refractivity contribution is 0.0740. The molecule has 132 valence electrons. The number of nitrogens with zero attached hydrogens (tertiary/aromatic N) is 3. The van der Waals surface area contributed by atoms with Crippen molar-refractivity contribution in [2.24, 2.45) is 0 Å². The van der Waals surface area contributed by atoms with E-state index in [1.807, 2.05) is 24.6 Å². The monoisotopic (exact) mass is 355 g/mol. The van der Waals surface area contributed by atoms with Crippen LogP contribution in [0.15, 0.2) is 29.8 Å². The third-order valence-electron chi connectivity index (χ3n) is 5.38. The summed E-state index contributed by atoms with van der Waals surface area (Å²) in [5.41, 5.74) is 3.46. The molecule has 2 fully saturated rings. The van der Waals surface area contributed by atoms with E-state index in [2.05, 4.69) is 26.9 Å². The zero-order chi connectivity index (χ0) is 17.2. The molecule has 0 aromatic carbocycles. The van der Waals surface area contributed by atoms with E-state index >= 15 is 0 Å².